The van der Waals surface area contributed by atoms with Gasteiger partial charge in [0.25, 0.3) is 0 Å². The van der Waals surface area contributed by atoms with Crippen molar-refractivity contribution in [2.45, 2.75) is 19.3 Å². The summed E-state index contributed by atoms with van der Waals surface area (Å²) >= 11 is 0. The second-order valence-electron chi connectivity index (χ2n) is 16.1. The minimum absolute atomic E-state index is 0.0978. The molecular formula is C55H38N2. The van der Waals surface area contributed by atoms with E-state index < -0.39 is 0 Å². The van der Waals surface area contributed by atoms with Crippen LogP contribution in [0, 0.1) is 0 Å². The molecule has 0 saturated carbocycles. The van der Waals surface area contributed by atoms with E-state index in [1.54, 1.807) is 0 Å². The largest absolute Gasteiger partial charge is 0.310 e. The van der Waals surface area contributed by atoms with Crippen molar-refractivity contribution < 1.29 is 0 Å². The van der Waals surface area contributed by atoms with Crippen LogP contribution < -0.4 is 4.90 Å². The van der Waals surface area contributed by atoms with Gasteiger partial charge in [0.15, 0.2) is 0 Å². The lowest BCUT2D eigenvalue weighted by atomic mass is 9.82. The van der Waals surface area contributed by atoms with Crippen LogP contribution in [0.1, 0.15) is 25.0 Å². The van der Waals surface area contributed by atoms with Gasteiger partial charge in [0.1, 0.15) is 0 Å². The van der Waals surface area contributed by atoms with E-state index in [0.717, 1.165) is 17.1 Å². The number of anilines is 3. The Balaban J connectivity index is 1.04. The van der Waals surface area contributed by atoms with Crippen molar-refractivity contribution in [3.63, 3.8) is 0 Å². The predicted molar refractivity (Wildman–Crippen MR) is 242 cm³/mol. The highest BCUT2D eigenvalue weighted by Gasteiger charge is 2.35. The Kier molecular flexibility index (Phi) is 6.72. The van der Waals surface area contributed by atoms with Crippen LogP contribution in [-0.2, 0) is 5.41 Å². The molecule has 268 valence electrons. The van der Waals surface area contributed by atoms with Crippen molar-refractivity contribution in [2.24, 2.45) is 0 Å². The molecule has 2 nitrogen and oxygen atoms in total. The third-order valence-electron chi connectivity index (χ3n) is 12.7. The monoisotopic (exact) mass is 726 g/mol. The van der Waals surface area contributed by atoms with Crippen molar-refractivity contribution in [2.75, 3.05) is 4.90 Å². The van der Waals surface area contributed by atoms with Crippen molar-refractivity contribution in [1.82, 2.24) is 4.40 Å². The fraction of sp³-hybridized carbons (Fsp3) is 0.0545. The third kappa shape index (κ3) is 4.59. The van der Waals surface area contributed by atoms with E-state index in [2.05, 4.69) is 217 Å². The number of aromatic nitrogens is 1. The number of rotatable bonds is 5. The van der Waals surface area contributed by atoms with Crippen molar-refractivity contribution in [3.05, 3.63) is 205 Å². The lowest BCUT2D eigenvalue weighted by Gasteiger charge is -2.28. The van der Waals surface area contributed by atoms with E-state index in [1.165, 1.54) is 93.4 Å². The molecule has 57 heavy (non-hydrogen) atoms. The summed E-state index contributed by atoms with van der Waals surface area (Å²) in [6.07, 6.45) is 0. The van der Waals surface area contributed by atoms with Crippen molar-refractivity contribution in [1.29, 1.82) is 0 Å². The molecule has 0 amide bonds. The SMILES string of the molecule is CC1(C)c2ccccc2-c2ccc(N(c3ccc(-c4ccccc4)cc3)c3ccc(-c4cc5c6ccccc6n6c7ccccc7c7cccc4c7c56)cc3)cc21. The molecule has 0 unspecified atom stereocenters. The Morgan fingerprint density at radius 2 is 0.912 bits per heavy atom. The number of pyridine rings is 1. The standard InChI is InChI=1S/C55H38N2/c1-55(2)49-20-9-6-15-41(49)42-32-31-40(33-50(42)55)56(38-27-23-36(24-28-38)35-13-4-3-5-14-35)39-29-25-37(26-30-39)47-34-48-44-17-8-11-22-52(44)57-51-21-10-7-16-43(51)45-18-12-19-46(47)53(45)54(48)57/h3-34H,1-2H3. The number of fused-ring (bicyclic) bond motifs is 9. The highest BCUT2D eigenvalue weighted by Crippen LogP contribution is 2.51. The van der Waals surface area contributed by atoms with Gasteiger partial charge in [0.2, 0.25) is 0 Å². The first-order valence-corrected chi connectivity index (χ1v) is 19.9. The van der Waals surface area contributed by atoms with Crippen LogP contribution in [0.2, 0.25) is 0 Å². The van der Waals surface area contributed by atoms with Gasteiger partial charge in [0, 0.05) is 44.0 Å². The number of para-hydroxylation sites is 2. The molecule has 2 heterocycles. The number of hydrogen-bond acceptors (Lipinski definition) is 1. The van der Waals surface area contributed by atoms with Gasteiger partial charge in [-0.25, -0.2) is 0 Å². The summed E-state index contributed by atoms with van der Waals surface area (Å²) in [4.78, 5) is 2.42. The van der Waals surface area contributed by atoms with E-state index in [4.69, 9.17) is 0 Å². The zero-order chi connectivity index (χ0) is 37.8. The molecule has 0 spiro atoms. The van der Waals surface area contributed by atoms with E-state index in [-0.39, 0.29) is 5.41 Å². The summed E-state index contributed by atoms with van der Waals surface area (Å²) in [5, 5.41) is 7.76. The molecule has 0 fully saturated rings. The van der Waals surface area contributed by atoms with E-state index in [0.29, 0.717) is 0 Å². The summed E-state index contributed by atoms with van der Waals surface area (Å²) in [6.45, 7) is 4.72. The summed E-state index contributed by atoms with van der Waals surface area (Å²) in [6, 6.07) is 71.8. The maximum Gasteiger partial charge on any atom is 0.0626 e. The first-order valence-electron chi connectivity index (χ1n) is 19.9. The van der Waals surface area contributed by atoms with Gasteiger partial charge in [-0.2, -0.15) is 0 Å². The topological polar surface area (TPSA) is 7.65 Å². The van der Waals surface area contributed by atoms with Gasteiger partial charge in [-0.05, 0) is 110 Å². The van der Waals surface area contributed by atoms with Gasteiger partial charge < -0.3 is 9.30 Å². The summed E-state index contributed by atoms with van der Waals surface area (Å²) in [7, 11) is 0. The van der Waals surface area contributed by atoms with Crippen molar-refractivity contribution >= 4 is 65.9 Å². The Morgan fingerprint density at radius 1 is 0.368 bits per heavy atom. The summed E-state index contributed by atoms with van der Waals surface area (Å²) in [5.74, 6) is 0. The summed E-state index contributed by atoms with van der Waals surface area (Å²) < 4.78 is 2.49. The minimum atomic E-state index is -0.0978. The minimum Gasteiger partial charge on any atom is -0.310 e. The Morgan fingerprint density at radius 3 is 1.65 bits per heavy atom. The normalized spacial score (nSPS) is 13.2. The quantitative estimate of drug-likeness (QED) is 0.127. The van der Waals surface area contributed by atoms with Gasteiger partial charge in [-0.1, -0.05) is 153 Å². The molecule has 1 aliphatic rings. The first kappa shape index (κ1) is 32.1. The van der Waals surface area contributed by atoms with Crippen LogP contribution in [0.4, 0.5) is 17.1 Å². The van der Waals surface area contributed by atoms with Crippen LogP contribution in [0.15, 0.2) is 194 Å². The van der Waals surface area contributed by atoms with E-state index in [9.17, 15) is 0 Å². The molecule has 11 aromatic rings. The van der Waals surface area contributed by atoms with Crippen LogP contribution in [0.3, 0.4) is 0 Å². The average Bonchev–Trinajstić information content (AvgIpc) is 3.73. The molecule has 0 radical (unpaired) electrons. The number of benzene rings is 9. The van der Waals surface area contributed by atoms with Crippen LogP contribution in [-0.4, -0.2) is 4.40 Å². The summed E-state index contributed by atoms with van der Waals surface area (Å²) in [5.41, 5.74) is 17.4. The predicted octanol–water partition coefficient (Wildman–Crippen LogP) is 15.1. The number of hydrogen-bond donors (Lipinski definition) is 0. The smallest absolute Gasteiger partial charge is 0.0626 e. The maximum atomic E-state index is 2.49. The lowest BCUT2D eigenvalue weighted by Crippen LogP contribution is -2.16. The second kappa shape index (κ2) is 11.9. The zero-order valence-corrected chi connectivity index (χ0v) is 31.9. The van der Waals surface area contributed by atoms with Gasteiger partial charge in [0.05, 0.1) is 16.6 Å². The molecule has 0 bridgehead atoms. The zero-order valence-electron chi connectivity index (χ0n) is 31.9. The Bertz CT molecular complexity index is 3340. The Hall–Kier alpha value is -7.16. The molecule has 2 heteroatoms. The molecule has 0 aliphatic heterocycles. The van der Waals surface area contributed by atoms with Crippen LogP contribution in [0.5, 0.6) is 0 Å². The highest BCUT2D eigenvalue weighted by atomic mass is 15.1. The molecular weight excluding hydrogens is 689 g/mol. The van der Waals surface area contributed by atoms with E-state index >= 15 is 0 Å². The molecule has 2 aromatic heterocycles. The molecule has 0 atom stereocenters. The van der Waals surface area contributed by atoms with Crippen LogP contribution in [0.25, 0.3) is 82.2 Å². The third-order valence-corrected chi connectivity index (χ3v) is 12.7. The van der Waals surface area contributed by atoms with Gasteiger partial charge in [-0.3, -0.25) is 0 Å². The molecule has 9 aromatic carbocycles. The Labute approximate surface area is 331 Å². The average molecular weight is 727 g/mol. The second-order valence-corrected chi connectivity index (χ2v) is 16.1. The van der Waals surface area contributed by atoms with Crippen molar-refractivity contribution in [3.8, 4) is 33.4 Å². The van der Waals surface area contributed by atoms with Gasteiger partial charge >= 0.3 is 0 Å². The molecule has 1 aliphatic carbocycles. The van der Waals surface area contributed by atoms with Gasteiger partial charge in [-0.15, -0.1) is 0 Å². The van der Waals surface area contributed by atoms with E-state index in [1.807, 2.05) is 0 Å². The maximum absolute atomic E-state index is 2.49. The fourth-order valence-corrected chi connectivity index (χ4v) is 10.0. The highest BCUT2D eigenvalue weighted by molar-refractivity contribution is 6.31. The number of nitrogens with zero attached hydrogens (tertiary/aromatic N) is 2. The van der Waals surface area contributed by atoms with Crippen LogP contribution >= 0.6 is 0 Å². The molecule has 0 N–H and O–H groups in total. The lowest BCUT2D eigenvalue weighted by molar-refractivity contribution is 0.660. The molecule has 12 rings (SSSR count). The molecule has 0 saturated heterocycles. The fourth-order valence-electron chi connectivity index (χ4n) is 10.0. The first-order chi connectivity index (χ1) is 28.0.